The van der Waals surface area contributed by atoms with Crippen LogP contribution in [0.5, 0.6) is 0 Å². The zero-order valence-electron chi connectivity index (χ0n) is 18.4. The van der Waals surface area contributed by atoms with Gasteiger partial charge in [0.1, 0.15) is 0 Å². The minimum absolute atomic E-state index is 0.236. The van der Waals surface area contributed by atoms with Crippen LogP contribution in [0.25, 0.3) is 0 Å². The summed E-state index contributed by atoms with van der Waals surface area (Å²) >= 11 is 0. The van der Waals surface area contributed by atoms with Crippen LogP contribution < -0.4 is 0 Å². The topological polar surface area (TPSA) is 43.4 Å². The Morgan fingerprint density at radius 3 is 1.27 bits per heavy atom. The molecule has 0 aliphatic carbocycles. The van der Waals surface area contributed by atoms with E-state index in [9.17, 15) is 34.8 Å². The van der Waals surface area contributed by atoms with Crippen LogP contribution in [0.3, 0.4) is 0 Å². The number of unbranched alkanes of at least 4 members (excludes halogenated alkanes) is 4. The number of rotatable bonds is 16. The summed E-state index contributed by atoms with van der Waals surface area (Å²) in [6.07, 6.45) is -5.28. The first-order valence-corrected chi connectivity index (χ1v) is 15.0. The van der Waals surface area contributed by atoms with Crippen molar-refractivity contribution in [2.45, 2.75) is 96.7 Å². The molecule has 0 heterocycles. The number of halogens is 6. The van der Waals surface area contributed by atoms with Gasteiger partial charge in [0.25, 0.3) is 0 Å². The van der Waals surface area contributed by atoms with E-state index < -0.39 is 34.6 Å². The summed E-state index contributed by atoms with van der Waals surface area (Å²) in [6.45, 7) is 3.54. The predicted molar refractivity (Wildman–Crippen MR) is 112 cm³/mol. The van der Waals surface area contributed by atoms with E-state index in [2.05, 4.69) is 0 Å². The van der Waals surface area contributed by atoms with Gasteiger partial charge in [-0.2, -0.15) is 0 Å². The van der Waals surface area contributed by atoms with Gasteiger partial charge in [-0.05, 0) is 0 Å². The van der Waals surface area contributed by atoms with Crippen molar-refractivity contribution in [3.05, 3.63) is 0 Å². The zero-order valence-corrected chi connectivity index (χ0v) is 20.1. The van der Waals surface area contributed by atoms with Crippen molar-refractivity contribution < 1.29 is 38.7 Å². The van der Waals surface area contributed by atoms with Crippen molar-refractivity contribution in [3.63, 3.8) is 0 Å². The van der Waals surface area contributed by atoms with Crippen molar-refractivity contribution in [2.75, 3.05) is 24.6 Å². The summed E-state index contributed by atoms with van der Waals surface area (Å²) in [5.74, 6) is 0. The van der Waals surface area contributed by atoms with Crippen LogP contribution in [0.15, 0.2) is 0 Å². The molecular weight excluding hydrogens is 453 g/mol. The Morgan fingerprint density at radius 1 is 0.733 bits per heavy atom. The molecule has 184 valence electrons. The second-order valence-corrected chi connectivity index (χ2v) is 15.7. The Balaban J connectivity index is 6.55. The van der Waals surface area contributed by atoms with E-state index in [-0.39, 0.29) is 24.6 Å². The van der Waals surface area contributed by atoms with Crippen LogP contribution in [0.2, 0.25) is 0 Å². The number of alkyl halides is 6. The van der Waals surface area contributed by atoms with E-state index >= 15 is 0 Å². The van der Waals surface area contributed by atoms with Crippen molar-refractivity contribution in [3.8, 4) is 0 Å². The number of hydrogen-bond acceptors (Lipinski definition) is 3. The maximum atomic E-state index is 14.3. The molecule has 0 aromatic rings. The molecule has 0 saturated carbocycles. The second-order valence-electron chi connectivity index (χ2n) is 8.16. The molecule has 0 rings (SSSR count). The average Bonchev–Trinajstić information content (AvgIpc) is 2.66. The maximum absolute atomic E-state index is 14.3. The molecule has 0 aliphatic rings. The van der Waals surface area contributed by atoms with E-state index in [1.54, 1.807) is 0 Å². The third kappa shape index (κ3) is 7.51. The molecular formula is C19H37F6O3PS. The van der Waals surface area contributed by atoms with Crippen molar-refractivity contribution >= 4 is 16.9 Å². The van der Waals surface area contributed by atoms with Gasteiger partial charge in [-0.3, -0.25) is 0 Å². The van der Waals surface area contributed by atoms with Gasteiger partial charge in [-0.15, -0.1) is 0 Å². The summed E-state index contributed by atoms with van der Waals surface area (Å²) in [5.41, 5.74) is 0. The molecule has 0 radical (unpaired) electrons. The fourth-order valence-corrected chi connectivity index (χ4v) is 13.7. The fraction of sp³-hybridized carbons (Fsp3) is 1.00. The van der Waals surface area contributed by atoms with Crippen LogP contribution in [0.4, 0.5) is 26.3 Å². The summed E-state index contributed by atoms with van der Waals surface area (Å²) in [7, 11) is -6.15. The van der Waals surface area contributed by atoms with Crippen molar-refractivity contribution in [1.82, 2.24) is 0 Å². The SMILES string of the molecule is CCCCP(CCCC)(CCCC)(CCCC)OS(=O)(=O)C(F)(F)C(F)C(F)(F)F. The third-order valence-electron chi connectivity index (χ3n) is 5.53. The van der Waals surface area contributed by atoms with Gasteiger partial charge in [0.15, 0.2) is 0 Å². The van der Waals surface area contributed by atoms with Gasteiger partial charge in [0, 0.05) is 0 Å². The van der Waals surface area contributed by atoms with Gasteiger partial charge in [0.2, 0.25) is 0 Å². The van der Waals surface area contributed by atoms with Gasteiger partial charge in [0.05, 0.1) is 0 Å². The molecule has 1 atom stereocenters. The summed E-state index contributed by atoms with van der Waals surface area (Å²) < 4.78 is 110. The molecule has 0 bridgehead atoms. The molecule has 0 aliphatic heterocycles. The predicted octanol–water partition coefficient (Wildman–Crippen LogP) is 7.49. The Hall–Kier alpha value is -0.0800. The first-order valence-electron chi connectivity index (χ1n) is 10.7. The molecule has 0 aromatic heterocycles. The zero-order chi connectivity index (χ0) is 23.7. The van der Waals surface area contributed by atoms with Crippen LogP contribution in [0, 0.1) is 0 Å². The van der Waals surface area contributed by atoms with Crippen LogP contribution in [-0.4, -0.2) is 50.7 Å². The van der Waals surface area contributed by atoms with E-state index in [0.29, 0.717) is 51.4 Å². The first-order chi connectivity index (χ1) is 13.7. The molecule has 0 amide bonds. The normalized spacial score (nSPS) is 16.3. The second kappa shape index (κ2) is 11.7. The van der Waals surface area contributed by atoms with Crippen LogP contribution >= 0.6 is 6.83 Å². The Morgan fingerprint density at radius 2 is 1.03 bits per heavy atom. The van der Waals surface area contributed by atoms with Crippen molar-refractivity contribution in [1.29, 1.82) is 0 Å². The molecule has 0 aromatic carbocycles. The van der Waals surface area contributed by atoms with Crippen LogP contribution in [0.1, 0.15) is 79.1 Å². The molecule has 11 heteroatoms. The van der Waals surface area contributed by atoms with E-state index in [1.165, 1.54) is 0 Å². The molecule has 0 fully saturated rings. The van der Waals surface area contributed by atoms with Gasteiger partial charge in [-0.1, -0.05) is 0 Å². The fourth-order valence-electron chi connectivity index (χ4n) is 3.70. The Bertz CT molecular complexity index is 566. The Kier molecular flexibility index (Phi) is 11.7. The quantitative estimate of drug-likeness (QED) is 0.166. The molecule has 0 spiro atoms. The summed E-state index contributed by atoms with van der Waals surface area (Å²) in [5, 5.41) is -5.70. The minimum atomic E-state index is -6.15. The van der Waals surface area contributed by atoms with E-state index in [1.807, 2.05) is 27.7 Å². The third-order valence-corrected chi connectivity index (χ3v) is 14.7. The van der Waals surface area contributed by atoms with Gasteiger partial charge >= 0.3 is 177 Å². The molecule has 1 unspecified atom stereocenters. The standard InChI is InChI=1S/C19H37F6O3PS/c1-5-9-13-29(14-10-6-2,15-11-7-3,16-12-8-4)28-30(26,27)19(24,25)17(20)18(21,22)23/h17H,5-16H2,1-4H3. The summed E-state index contributed by atoms with van der Waals surface area (Å²) in [4.78, 5) is 0. The molecule has 0 saturated heterocycles. The molecule has 0 N–H and O–H groups in total. The van der Waals surface area contributed by atoms with Gasteiger partial charge in [-0.25, -0.2) is 0 Å². The van der Waals surface area contributed by atoms with E-state index in [0.717, 1.165) is 0 Å². The van der Waals surface area contributed by atoms with Gasteiger partial charge < -0.3 is 0 Å². The molecule has 30 heavy (non-hydrogen) atoms. The van der Waals surface area contributed by atoms with Crippen LogP contribution in [-0.2, 0) is 14.1 Å². The van der Waals surface area contributed by atoms with Crippen molar-refractivity contribution in [2.24, 2.45) is 0 Å². The average molecular weight is 491 g/mol. The first kappa shape index (κ1) is 29.9. The summed E-state index contributed by atoms with van der Waals surface area (Å²) in [6, 6.07) is 0. The number of hydrogen-bond donors (Lipinski definition) is 0. The molecule has 3 nitrogen and oxygen atoms in total. The monoisotopic (exact) mass is 490 g/mol. The van der Waals surface area contributed by atoms with E-state index in [4.69, 9.17) is 3.97 Å². The Labute approximate surface area is 177 Å².